The minimum absolute atomic E-state index is 0.0715. The maximum absolute atomic E-state index is 11.3. The van der Waals surface area contributed by atoms with E-state index in [0.717, 1.165) is 11.3 Å². The zero-order chi connectivity index (χ0) is 15.7. The van der Waals surface area contributed by atoms with Crippen LogP contribution < -0.4 is 9.95 Å². The van der Waals surface area contributed by atoms with Gasteiger partial charge in [-0.3, -0.25) is 0 Å². The summed E-state index contributed by atoms with van der Waals surface area (Å²) in [5.41, 5.74) is 1.70. The molecule has 8 heteroatoms. The van der Waals surface area contributed by atoms with E-state index < -0.39 is 10.0 Å². The van der Waals surface area contributed by atoms with Crippen molar-refractivity contribution in [2.45, 2.75) is 11.7 Å². The lowest BCUT2D eigenvalue weighted by molar-refractivity contribution is 0.363. The summed E-state index contributed by atoms with van der Waals surface area (Å²) in [4.78, 5) is 1.96. The predicted octanol–water partition coefficient (Wildman–Crippen LogP) is 1.65. The van der Waals surface area contributed by atoms with Gasteiger partial charge in [0.1, 0.15) is 0 Å². The molecule has 0 bridgehead atoms. The van der Waals surface area contributed by atoms with Gasteiger partial charge in [0.25, 0.3) is 0 Å². The van der Waals surface area contributed by atoms with Gasteiger partial charge in [-0.2, -0.15) is 0 Å². The third kappa shape index (κ3) is 2.70. The number of nitrogens with two attached hydrogens (primary N) is 1. The average Bonchev–Trinajstić information content (AvgIpc) is 2.89. The van der Waals surface area contributed by atoms with Gasteiger partial charge >= 0.3 is 7.05 Å². The predicted molar refractivity (Wildman–Crippen MR) is 86.0 cm³/mol. The van der Waals surface area contributed by atoms with Gasteiger partial charge in [-0.1, -0.05) is 35.5 Å². The minimum Gasteiger partial charge on any atom is -0.438 e. The lowest BCUT2D eigenvalue weighted by atomic mass is 9.83. The Morgan fingerprint density at radius 1 is 1.09 bits per heavy atom. The molecule has 1 aliphatic rings. The van der Waals surface area contributed by atoms with Crippen LogP contribution in [0.25, 0.3) is 0 Å². The number of anilines is 1. The normalized spacial score (nSPS) is 14.7. The molecule has 0 spiro atoms. The lowest BCUT2D eigenvalue weighted by Gasteiger charge is -2.21. The van der Waals surface area contributed by atoms with Crippen molar-refractivity contribution in [3.8, 4) is 0 Å². The molecule has 0 aromatic heterocycles. The molecule has 0 aliphatic carbocycles. The van der Waals surface area contributed by atoms with Crippen LogP contribution >= 0.6 is 0 Å². The van der Waals surface area contributed by atoms with Gasteiger partial charge in [-0.25, -0.2) is 13.6 Å². The molecule has 0 saturated carbocycles. The average molecular weight is 315 g/mol. The molecule has 1 heterocycles. The summed E-state index contributed by atoms with van der Waals surface area (Å²) in [6.45, 7) is 1.87. The monoisotopic (exact) mass is 315 g/mol. The Labute approximate surface area is 129 Å². The number of oxime groups is 1. The van der Waals surface area contributed by atoms with E-state index in [2.05, 4.69) is 5.16 Å². The number of amidine groups is 1. The molecule has 0 atom stereocenters. The second-order valence-corrected chi connectivity index (χ2v) is 6.46. The summed E-state index contributed by atoms with van der Waals surface area (Å²) in [5.74, 6) is 0.677. The molecule has 0 saturated heterocycles. The fourth-order valence-corrected chi connectivity index (χ4v) is 2.81. The van der Waals surface area contributed by atoms with Crippen LogP contribution in [0, 0.1) is 0 Å². The van der Waals surface area contributed by atoms with E-state index in [-0.39, 0.29) is 11.9 Å². The first-order chi connectivity index (χ1) is 10.5. The van der Waals surface area contributed by atoms with Crippen LogP contribution in [0.5, 0.6) is 0 Å². The molecule has 1 aliphatic heterocycles. The highest BCUT2D eigenvalue weighted by molar-refractivity contribution is 7.89. The molecule has 2 aromatic rings. The summed E-state index contributed by atoms with van der Waals surface area (Å²) in [6.07, 6.45) is 0. The first-order valence-corrected chi connectivity index (χ1v) is 8.23. The molecule has 6 nitrogen and oxygen atoms in total. The first-order valence-electron chi connectivity index (χ1n) is 6.68. The van der Waals surface area contributed by atoms with Gasteiger partial charge in [0.15, 0.2) is 5.84 Å². The second kappa shape index (κ2) is 5.47. The van der Waals surface area contributed by atoms with Gasteiger partial charge < -0.3 is 9.57 Å². The number of hydrogen-bond donors (Lipinski definition) is 1. The summed E-state index contributed by atoms with van der Waals surface area (Å²) in [6, 6.07) is 15.9. The van der Waals surface area contributed by atoms with Crippen molar-refractivity contribution < 1.29 is 13.2 Å². The number of hydrogen-bond acceptors (Lipinski definition) is 5. The Morgan fingerprint density at radius 2 is 1.73 bits per heavy atom. The Bertz CT molecular complexity index is 807. The van der Waals surface area contributed by atoms with Crippen LogP contribution in [0.3, 0.4) is 0 Å². The second-order valence-electron chi connectivity index (χ2n) is 4.89. The molecule has 2 N–H and O–H groups in total. The quantitative estimate of drug-likeness (QED) is 0.873. The van der Waals surface area contributed by atoms with Crippen molar-refractivity contribution in [2.24, 2.45) is 10.3 Å². The van der Waals surface area contributed by atoms with E-state index in [1.54, 1.807) is 12.1 Å². The topological polar surface area (TPSA) is 85.0 Å². The molecule has 2 aromatic carbocycles. The number of primary sulfonamides is 1. The molecular formula is C14H14BN3O3S. The number of benzene rings is 2. The summed E-state index contributed by atoms with van der Waals surface area (Å²) < 4.78 is 28.0. The molecule has 0 fully saturated rings. The molecule has 112 valence electrons. The van der Waals surface area contributed by atoms with Crippen LogP contribution in [0.15, 0.2) is 64.6 Å². The Balaban J connectivity index is 1.97. The zero-order valence-corrected chi connectivity index (χ0v) is 12.7. The highest BCUT2D eigenvalue weighted by Gasteiger charge is 2.34. The van der Waals surface area contributed by atoms with Crippen molar-refractivity contribution in [2.75, 3.05) is 4.81 Å². The Morgan fingerprint density at radius 3 is 2.32 bits per heavy atom. The van der Waals surface area contributed by atoms with E-state index in [9.17, 15) is 8.42 Å². The third-order valence-electron chi connectivity index (χ3n) is 3.36. The number of nitrogens with zero attached hydrogens (tertiary/aromatic N) is 2. The summed E-state index contributed by atoms with van der Waals surface area (Å²) in [5, 5.41) is 9.23. The van der Waals surface area contributed by atoms with Crippen LogP contribution in [-0.2, 0) is 14.8 Å². The lowest BCUT2D eigenvalue weighted by Crippen LogP contribution is -2.38. The van der Waals surface area contributed by atoms with Gasteiger partial charge in [0.05, 0.1) is 4.90 Å². The Hall–Kier alpha value is -2.32. The third-order valence-corrected chi connectivity index (χ3v) is 4.29. The molecule has 0 radical (unpaired) electrons. The maximum atomic E-state index is 11.3. The smallest absolute Gasteiger partial charge is 0.438 e. The first kappa shape index (κ1) is 14.6. The number of rotatable bonds is 3. The molecule has 0 amide bonds. The van der Waals surface area contributed by atoms with Crippen molar-refractivity contribution in [1.82, 2.24) is 0 Å². The van der Waals surface area contributed by atoms with Crippen LogP contribution in [0.4, 0.5) is 5.69 Å². The van der Waals surface area contributed by atoms with Gasteiger partial charge in [-0.15, -0.1) is 0 Å². The Kier molecular flexibility index (Phi) is 3.63. The van der Waals surface area contributed by atoms with E-state index in [0.29, 0.717) is 5.84 Å². The van der Waals surface area contributed by atoms with Crippen LogP contribution in [-0.4, -0.2) is 21.3 Å². The van der Waals surface area contributed by atoms with E-state index in [1.807, 2.05) is 42.0 Å². The highest BCUT2D eigenvalue weighted by atomic mass is 32.2. The fourth-order valence-electron chi connectivity index (χ4n) is 2.30. The zero-order valence-electron chi connectivity index (χ0n) is 11.9. The molecule has 3 rings (SSSR count). The van der Waals surface area contributed by atoms with Gasteiger partial charge in [-0.05, 0) is 31.1 Å². The van der Waals surface area contributed by atoms with Gasteiger partial charge in [0, 0.05) is 11.3 Å². The van der Waals surface area contributed by atoms with Crippen molar-refractivity contribution in [3.63, 3.8) is 0 Å². The molecule has 22 heavy (non-hydrogen) atoms. The van der Waals surface area contributed by atoms with Crippen molar-refractivity contribution >= 4 is 28.6 Å². The van der Waals surface area contributed by atoms with Crippen molar-refractivity contribution in [1.29, 1.82) is 0 Å². The van der Waals surface area contributed by atoms with E-state index in [1.165, 1.54) is 12.1 Å². The summed E-state index contributed by atoms with van der Waals surface area (Å²) >= 11 is 0. The largest absolute Gasteiger partial charge is 0.512 e. The van der Waals surface area contributed by atoms with Crippen LogP contribution in [0.1, 0.15) is 5.56 Å². The standard InChI is InChI=1S/C14H14BN3O3S/c1-15-18(12-7-9-13(10-8-12)22(16,19)20)14(17-21-15)11-5-3-2-4-6-11/h2-10H,1H3,(H2,16,19,20). The van der Waals surface area contributed by atoms with Gasteiger partial charge in [0.2, 0.25) is 10.0 Å². The van der Waals surface area contributed by atoms with Crippen LogP contribution in [0.2, 0.25) is 6.82 Å². The van der Waals surface area contributed by atoms with E-state index in [4.69, 9.17) is 9.89 Å². The summed E-state index contributed by atoms with van der Waals surface area (Å²) in [7, 11) is -3.98. The molecule has 0 unspecified atom stereocenters. The van der Waals surface area contributed by atoms with Crippen molar-refractivity contribution in [3.05, 3.63) is 60.2 Å². The van der Waals surface area contributed by atoms with E-state index >= 15 is 0 Å². The minimum atomic E-state index is -3.70. The molecular weight excluding hydrogens is 301 g/mol. The highest BCUT2D eigenvalue weighted by Crippen LogP contribution is 2.25. The SMILES string of the molecule is CB1ON=C(c2ccccc2)N1c1ccc(S(N)(=O)=O)cc1. The fraction of sp³-hybridized carbons (Fsp3) is 0.0714. The maximum Gasteiger partial charge on any atom is 0.512 e. The number of sulfonamides is 1.